The van der Waals surface area contributed by atoms with Crippen molar-refractivity contribution in [2.45, 2.75) is 45.3 Å². The second-order valence-corrected chi connectivity index (χ2v) is 5.49. The first-order chi connectivity index (χ1) is 10.2. The quantitative estimate of drug-likeness (QED) is 0.796. The van der Waals surface area contributed by atoms with Gasteiger partial charge in [0.2, 0.25) is 0 Å². The van der Waals surface area contributed by atoms with Crippen molar-refractivity contribution < 1.29 is 4.74 Å². The Morgan fingerprint density at radius 2 is 1.67 bits per heavy atom. The zero-order valence-electron chi connectivity index (χ0n) is 13.6. The molecule has 114 valence electrons. The maximum atomic E-state index is 6.22. The molecule has 21 heavy (non-hydrogen) atoms. The molecule has 2 rings (SSSR count). The fourth-order valence-corrected chi connectivity index (χ4v) is 3.44. The Hall–Kier alpha value is -1.38. The Bertz CT molecular complexity index is 569. The molecule has 0 amide bonds. The Morgan fingerprint density at radius 3 is 2.29 bits per heavy atom. The average molecular weight is 285 g/mol. The summed E-state index contributed by atoms with van der Waals surface area (Å²) >= 11 is 0. The zero-order chi connectivity index (χ0) is 15.3. The van der Waals surface area contributed by atoms with Gasteiger partial charge in [-0.15, -0.1) is 0 Å². The number of fused-ring (bicyclic) bond motifs is 1. The van der Waals surface area contributed by atoms with Gasteiger partial charge in [0.05, 0.1) is 11.6 Å². The fourth-order valence-electron chi connectivity index (χ4n) is 3.44. The van der Waals surface area contributed by atoms with E-state index < -0.39 is 0 Å². The molecule has 2 aromatic carbocycles. The predicted octanol–water partition coefficient (Wildman–Crippen LogP) is 4.70. The first-order valence-electron chi connectivity index (χ1n) is 8.01. The Morgan fingerprint density at radius 1 is 1.00 bits per heavy atom. The van der Waals surface area contributed by atoms with Crippen LogP contribution in [0.1, 0.15) is 45.2 Å². The molecule has 0 saturated heterocycles. The van der Waals surface area contributed by atoms with Crippen LogP contribution in [0.4, 0.5) is 0 Å². The van der Waals surface area contributed by atoms with E-state index in [2.05, 4.69) is 68.6 Å². The van der Waals surface area contributed by atoms with Crippen LogP contribution in [-0.4, -0.2) is 19.3 Å². The molecule has 0 aromatic heterocycles. The molecule has 0 aliphatic rings. The van der Waals surface area contributed by atoms with Crippen LogP contribution in [-0.2, 0) is 4.74 Å². The largest absolute Gasteiger partial charge is 0.373 e. The Labute approximate surface area is 128 Å². The van der Waals surface area contributed by atoms with Crippen molar-refractivity contribution in [2.24, 2.45) is 0 Å². The van der Waals surface area contributed by atoms with E-state index in [-0.39, 0.29) is 11.6 Å². The van der Waals surface area contributed by atoms with Gasteiger partial charge in [-0.1, -0.05) is 56.3 Å². The van der Waals surface area contributed by atoms with Crippen LogP contribution in [0.15, 0.2) is 42.5 Å². The molecule has 0 spiro atoms. The predicted molar refractivity (Wildman–Crippen MR) is 90.7 cm³/mol. The number of ether oxygens (including phenoxy) is 1. The molecule has 0 bridgehead atoms. The van der Waals surface area contributed by atoms with Crippen LogP contribution >= 0.6 is 0 Å². The summed E-state index contributed by atoms with van der Waals surface area (Å²) in [5.74, 6) is 0. The summed E-state index contributed by atoms with van der Waals surface area (Å²) in [5.41, 5.74) is 1.17. The standard InChI is InChI=1S/C19H27NO/c1-5-19(6-2,21-7-3)18(20-4)17-14-10-12-15-11-8-9-13-16(15)17/h8-14,18,20H,5-7H2,1-4H3. The van der Waals surface area contributed by atoms with Crippen molar-refractivity contribution in [3.63, 3.8) is 0 Å². The summed E-state index contributed by atoms with van der Waals surface area (Å²) in [7, 11) is 2.03. The van der Waals surface area contributed by atoms with Crippen LogP contribution in [0.3, 0.4) is 0 Å². The number of likely N-dealkylation sites (N-methyl/N-ethyl adjacent to an activating group) is 1. The minimum absolute atomic E-state index is 0.159. The number of nitrogens with one attached hydrogen (secondary N) is 1. The lowest BCUT2D eigenvalue weighted by molar-refractivity contribution is -0.0714. The smallest absolute Gasteiger partial charge is 0.0871 e. The lowest BCUT2D eigenvalue weighted by Crippen LogP contribution is -2.44. The van der Waals surface area contributed by atoms with Crippen molar-refractivity contribution in [1.82, 2.24) is 5.32 Å². The van der Waals surface area contributed by atoms with Gasteiger partial charge < -0.3 is 10.1 Å². The number of hydrogen-bond acceptors (Lipinski definition) is 2. The lowest BCUT2D eigenvalue weighted by atomic mass is 9.82. The maximum absolute atomic E-state index is 6.22. The molecule has 0 aliphatic heterocycles. The van der Waals surface area contributed by atoms with Gasteiger partial charge in [0.1, 0.15) is 0 Å². The molecule has 2 aromatic rings. The van der Waals surface area contributed by atoms with E-state index in [4.69, 9.17) is 4.74 Å². The number of rotatable bonds is 7. The summed E-state index contributed by atoms with van der Waals surface area (Å²) in [4.78, 5) is 0. The van der Waals surface area contributed by atoms with E-state index >= 15 is 0 Å². The van der Waals surface area contributed by atoms with Gasteiger partial charge >= 0.3 is 0 Å². The highest BCUT2D eigenvalue weighted by Crippen LogP contribution is 2.38. The van der Waals surface area contributed by atoms with E-state index in [1.807, 2.05) is 7.05 Å². The average Bonchev–Trinajstić information content (AvgIpc) is 2.54. The van der Waals surface area contributed by atoms with Crippen LogP contribution in [0.2, 0.25) is 0 Å². The molecule has 0 fully saturated rings. The van der Waals surface area contributed by atoms with Crippen LogP contribution in [0.25, 0.3) is 10.8 Å². The molecular weight excluding hydrogens is 258 g/mol. The first-order valence-corrected chi connectivity index (χ1v) is 8.01. The summed E-state index contributed by atoms with van der Waals surface area (Å²) in [5, 5.41) is 6.11. The van der Waals surface area contributed by atoms with Crippen LogP contribution in [0.5, 0.6) is 0 Å². The van der Waals surface area contributed by atoms with E-state index in [0.29, 0.717) is 0 Å². The molecule has 0 saturated carbocycles. The summed E-state index contributed by atoms with van der Waals surface area (Å²) < 4.78 is 6.22. The van der Waals surface area contributed by atoms with Crippen molar-refractivity contribution in [3.05, 3.63) is 48.0 Å². The van der Waals surface area contributed by atoms with E-state index in [9.17, 15) is 0 Å². The fraction of sp³-hybridized carbons (Fsp3) is 0.474. The van der Waals surface area contributed by atoms with Gasteiger partial charge in [0, 0.05) is 6.61 Å². The topological polar surface area (TPSA) is 21.3 Å². The van der Waals surface area contributed by atoms with Gasteiger partial charge in [-0.05, 0) is 43.1 Å². The molecule has 1 atom stereocenters. The highest BCUT2D eigenvalue weighted by Gasteiger charge is 2.37. The highest BCUT2D eigenvalue weighted by atomic mass is 16.5. The third-order valence-corrected chi connectivity index (χ3v) is 4.58. The van der Waals surface area contributed by atoms with Crippen molar-refractivity contribution in [3.8, 4) is 0 Å². The van der Waals surface area contributed by atoms with Crippen molar-refractivity contribution in [1.29, 1.82) is 0 Å². The highest BCUT2D eigenvalue weighted by molar-refractivity contribution is 5.86. The van der Waals surface area contributed by atoms with Crippen LogP contribution < -0.4 is 5.32 Å². The van der Waals surface area contributed by atoms with E-state index in [0.717, 1.165) is 19.4 Å². The first kappa shape index (κ1) is 16.0. The van der Waals surface area contributed by atoms with Crippen LogP contribution in [0, 0.1) is 0 Å². The molecule has 2 heteroatoms. The van der Waals surface area contributed by atoms with E-state index in [1.165, 1.54) is 16.3 Å². The zero-order valence-corrected chi connectivity index (χ0v) is 13.6. The lowest BCUT2D eigenvalue weighted by Gasteiger charge is -2.40. The summed E-state index contributed by atoms with van der Waals surface area (Å²) in [6.07, 6.45) is 1.98. The van der Waals surface area contributed by atoms with Gasteiger partial charge in [-0.3, -0.25) is 0 Å². The normalized spacial score (nSPS) is 13.5. The van der Waals surface area contributed by atoms with E-state index in [1.54, 1.807) is 0 Å². The molecule has 2 nitrogen and oxygen atoms in total. The SMILES string of the molecule is CCOC(CC)(CC)C(NC)c1cccc2ccccc12. The number of hydrogen-bond donors (Lipinski definition) is 1. The minimum atomic E-state index is -0.159. The molecular formula is C19H27NO. The second-order valence-electron chi connectivity index (χ2n) is 5.49. The second kappa shape index (κ2) is 7.06. The third-order valence-electron chi connectivity index (χ3n) is 4.58. The minimum Gasteiger partial charge on any atom is -0.373 e. The Balaban J connectivity index is 2.57. The number of benzene rings is 2. The summed E-state index contributed by atoms with van der Waals surface area (Å²) in [6, 6.07) is 15.3. The summed E-state index contributed by atoms with van der Waals surface area (Å²) in [6.45, 7) is 7.25. The molecule has 0 aliphatic carbocycles. The van der Waals surface area contributed by atoms with Gasteiger partial charge in [0.25, 0.3) is 0 Å². The monoisotopic (exact) mass is 285 g/mol. The molecule has 1 unspecified atom stereocenters. The van der Waals surface area contributed by atoms with Gasteiger partial charge in [-0.2, -0.15) is 0 Å². The third kappa shape index (κ3) is 2.97. The molecule has 1 N–H and O–H groups in total. The Kier molecular flexibility index (Phi) is 5.38. The van der Waals surface area contributed by atoms with Crippen molar-refractivity contribution in [2.75, 3.05) is 13.7 Å². The molecule has 0 radical (unpaired) electrons. The maximum Gasteiger partial charge on any atom is 0.0871 e. The van der Waals surface area contributed by atoms with Crippen molar-refractivity contribution >= 4 is 10.8 Å². The van der Waals surface area contributed by atoms with Gasteiger partial charge in [-0.25, -0.2) is 0 Å². The molecule has 0 heterocycles. The van der Waals surface area contributed by atoms with Gasteiger partial charge in [0.15, 0.2) is 0 Å².